The number of piperazine rings is 1. The molecular weight excluding hydrogens is 400 g/mol. The molecule has 0 N–H and O–H groups in total. The number of carbonyl (C=O) groups is 1. The smallest absolute Gasteiger partial charge is 0.251 e. The first-order chi connectivity index (χ1) is 13.4. The summed E-state index contributed by atoms with van der Waals surface area (Å²) in [5.41, 5.74) is 1.000. The van der Waals surface area contributed by atoms with Crippen molar-refractivity contribution in [2.45, 2.75) is 24.5 Å². The zero-order valence-electron chi connectivity index (χ0n) is 15.6. The summed E-state index contributed by atoms with van der Waals surface area (Å²) < 4.78 is 32.6. The van der Waals surface area contributed by atoms with Gasteiger partial charge in [0.25, 0.3) is 5.91 Å². The molecular formula is C20H23ClN2O4S. The van der Waals surface area contributed by atoms with Crippen LogP contribution < -0.4 is 0 Å². The van der Waals surface area contributed by atoms with Gasteiger partial charge in [-0.2, -0.15) is 4.31 Å². The molecule has 1 amide bonds. The van der Waals surface area contributed by atoms with Gasteiger partial charge in [-0.3, -0.25) is 4.79 Å². The molecule has 3 rings (SSSR count). The zero-order valence-corrected chi connectivity index (χ0v) is 17.2. The molecule has 2 aromatic carbocycles. The summed E-state index contributed by atoms with van der Waals surface area (Å²) in [5, 5.41) is 0.374. The topological polar surface area (TPSA) is 66.9 Å². The molecule has 0 spiro atoms. The lowest BCUT2D eigenvalue weighted by atomic mass is 10.2. The van der Waals surface area contributed by atoms with Gasteiger partial charge in [-0.15, -0.1) is 0 Å². The number of hydrogen-bond donors (Lipinski definition) is 0. The highest BCUT2D eigenvalue weighted by atomic mass is 35.5. The summed E-state index contributed by atoms with van der Waals surface area (Å²) >= 11 is 5.91. The van der Waals surface area contributed by atoms with E-state index in [4.69, 9.17) is 16.3 Å². The second-order valence-electron chi connectivity index (χ2n) is 6.63. The van der Waals surface area contributed by atoms with Crippen LogP contribution in [0.15, 0.2) is 59.5 Å². The molecule has 8 heteroatoms. The normalized spacial score (nSPS) is 16.7. The van der Waals surface area contributed by atoms with Gasteiger partial charge in [-0.25, -0.2) is 8.42 Å². The molecule has 1 atom stereocenters. The molecule has 1 aliphatic rings. The lowest BCUT2D eigenvalue weighted by Crippen LogP contribution is -2.52. The maximum atomic E-state index is 12.7. The Morgan fingerprint density at radius 3 is 2.39 bits per heavy atom. The van der Waals surface area contributed by atoms with Gasteiger partial charge in [0.1, 0.15) is 6.10 Å². The van der Waals surface area contributed by atoms with Gasteiger partial charge < -0.3 is 9.64 Å². The summed E-state index contributed by atoms with van der Waals surface area (Å²) in [6.45, 7) is 3.23. The first-order valence-corrected chi connectivity index (χ1v) is 10.9. The fraction of sp³-hybridized carbons (Fsp3) is 0.350. The molecule has 0 radical (unpaired) electrons. The van der Waals surface area contributed by atoms with E-state index >= 15 is 0 Å². The summed E-state index contributed by atoms with van der Waals surface area (Å²) in [5.74, 6) is -0.129. The summed E-state index contributed by atoms with van der Waals surface area (Å²) in [6.07, 6.45) is -0.587. The minimum atomic E-state index is -3.62. The number of benzene rings is 2. The third-order valence-corrected chi connectivity index (χ3v) is 6.80. The van der Waals surface area contributed by atoms with Crippen LogP contribution in [-0.4, -0.2) is 55.8 Å². The predicted molar refractivity (Wildman–Crippen MR) is 107 cm³/mol. The van der Waals surface area contributed by atoms with Crippen molar-refractivity contribution in [1.29, 1.82) is 0 Å². The zero-order chi connectivity index (χ0) is 20.1. The van der Waals surface area contributed by atoms with E-state index in [1.807, 2.05) is 30.3 Å². The maximum absolute atomic E-state index is 12.7. The predicted octanol–water partition coefficient (Wildman–Crippen LogP) is 2.78. The Balaban J connectivity index is 1.55. The quantitative estimate of drug-likeness (QED) is 0.717. The number of nitrogens with zero attached hydrogens (tertiary/aromatic N) is 2. The lowest BCUT2D eigenvalue weighted by Gasteiger charge is -2.35. The fourth-order valence-corrected chi connectivity index (χ4v) is 4.77. The molecule has 1 fully saturated rings. The Bertz CT molecular complexity index is 913. The van der Waals surface area contributed by atoms with Crippen molar-refractivity contribution in [2.75, 3.05) is 26.2 Å². The van der Waals surface area contributed by atoms with Crippen LogP contribution in [0.1, 0.15) is 12.5 Å². The van der Waals surface area contributed by atoms with Crippen molar-refractivity contribution in [1.82, 2.24) is 9.21 Å². The van der Waals surface area contributed by atoms with Crippen molar-refractivity contribution in [2.24, 2.45) is 0 Å². The Kier molecular flexibility index (Phi) is 6.72. The van der Waals surface area contributed by atoms with Crippen LogP contribution in [0.2, 0.25) is 5.02 Å². The molecule has 1 unspecified atom stereocenters. The Labute approximate surface area is 170 Å². The molecule has 150 valence electrons. The minimum absolute atomic E-state index is 0.129. The van der Waals surface area contributed by atoms with Gasteiger partial charge >= 0.3 is 0 Å². The highest BCUT2D eigenvalue weighted by Crippen LogP contribution is 2.21. The summed E-state index contributed by atoms with van der Waals surface area (Å²) in [6, 6.07) is 15.9. The SMILES string of the molecule is CC(OCc1ccccc1)C(=O)N1CCN(S(=O)(=O)c2cccc(Cl)c2)CC1. The fourth-order valence-electron chi connectivity index (χ4n) is 3.05. The largest absolute Gasteiger partial charge is 0.364 e. The monoisotopic (exact) mass is 422 g/mol. The average Bonchev–Trinajstić information content (AvgIpc) is 2.72. The number of ether oxygens (including phenoxy) is 1. The first-order valence-electron chi connectivity index (χ1n) is 9.08. The van der Waals surface area contributed by atoms with Crippen LogP contribution in [0.3, 0.4) is 0 Å². The van der Waals surface area contributed by atoms with E-state index < -0.39 is 16.1 Å². The Hall–Kier alpha value is -1.93. The highest BCUT2D eigenvalue weighted by molar-refractivity contribution is 7.89. The van der Waals surface area contributed by atoms with Crippen molar-refractivity contribution >= 4 is 27.5 Å². The highest BCUT2D eigenvalue weighted by Gasteiger charge is 2.31. The van der Waals surface area contributed by atoms with E-state index in [2.05, 4.69) is 0 Å². The van der Waals surface area contributed by atoms with Crippen LogP contribution in [0.4, 0.5) is 0 Å². The van der Waals surface area contributed by atoms with Crippen LogP contribution in [0, 0.1) is 0 Å². The van der Waals surface area contributed by atoms with Crippen molar-refractivity contribution in [3.8, 4) is 0 Å². The molecule has 6 nitrogen and oxygen atoms in total. The van der Waals surface area contributed by atoms with Gasteiger partial charge in [0.15, 0.2) is 0 Å². The van der Waals surface area contributed by atoms with E-state index in [0.717, 1.165) is 5.56 Å². The number of carbonyl (C=O) groups excluding carboxylic acids is 1. The second kappa shape index (κ2) is 9.05. The minimum Gasteiger partial charge on any atom is -0.364 e. The number of hydrogen-bond acceptors (Lipinski definition) is 4. The molecule has 1 aliphatic heterocycles. The molecule has 2 aromatic rings. The van der Waals surface area contributed by atoms with E-state index in [-0.39, 0.29) is 23.9 Å². The van der Waals surface area contributed by atoms with E-state index in [9.17, 15) is 13.2 Å². The van der Waals surface area contributed by atoms with Gasteiger partial charge in [0.2, 0.25) is 10.0 Å². The Morgan fingerprint density at radius 2 is 1.75 bits per heavy atom. The first kappa shape index (κ1) is 20.8. The molecule has 0 aliphatic carbocycles. The molecule has 0 aromatic heterocycles. The third-order valence-electron chi connectivity index (χ3n) is 4.67. The van der Waals surface area contributed by atoms with Crippen LogP contribution in [0.25, 0.3) is 0 Å². The van der Waals surface area contributed by atoms with Crippen LogP contribution in [-0.2, 0) is 26.2 Å². The van der Waals surface area contributed by atoms with E-state index in [1.165, 1.54) is 16.4 Å². The van der Waals surface area contributed by atoms with Crippen LogP contribution >= 0.6 is 11.6 Å². The number of rotatable bonds is 6. The van der Waals surface area contributed by atoms with Crippen molar-refractivity contribution < 1.29 is 17.9 Å². The number of sulfonamides is 1. The molecule has 28 heavy (non-hydrogen) atoms. The maximum Gasteiger partial charge on any atom is 0.251 e. The summed E-state index contributed by atoms with van der Waals surface area (Å²) in [4.78, 5) is 14.4. The lowest BCUT2D eigenvalue weighted by molar-refractivity contribution is -0.144. The van der Waals surface area contributed by atoms with Crippen molar-refractivity contribution in [3.05, 3.63) is 65.2 Å². The van der Waals surface area contributed by atoms with Gasteiger partial charge in [0, 0.05) is 31.2 Å². The van der Waals surface area contributed by atoms with E-state index in [1.54, 1.807) is 24.0 Å². The average molecular weight is 423 g/mol. The standard InChI is InChI=1S/C20H23ClN2O4S/c1-16(27-15-17-6-3-2-4-7-17)20(24)22-10-12-23(13-11-22)28(25,26)19-9-5-8-18(21)14-19/h2-9,14,16H,10-13,15H2,1H3. The van der Waals surface area contributed by atoms with E-state index in [0.29, 0.717) is 24.7 Å². The molecule has 0 bridgehead atoms. The summed E-state index contributed by atoms with van der Waals surface area (Å²) in [7, 11) is -3.62. The van der Waals surface area contributed by atoms with Gasteiger partial charge in [0.05, 0.1) is 11.5 Å². The second-order valence-corrected chi connectivity index (χ2v) is 9.00. The van der Waals surface area contributed by atoms with Crippen molar-refractivity contribution in [3.63, 3.8) is 0 Å². The molecule has 1 heterocycles. The van der Waals surface area contributed by atoms with Gasteiger partial charge in [-0.1, -0.05) is 48.0 Å². The number of amides is 1. The third kappa shape index (κ3) is 4.91. The van der Waals surface area contributed by atoms with Gasteiger partial charge in [-0.05, 0) is 30.7 Å². The molecule has 1 saturated heterocycles. The molecule has 0 saturated carbocycles. The Morgan fingerprint density at radius 1 is 1.07 bits per heavy atom. The van der Waals surface area contributed by atoms with Crippen LogP contribution in [0.5, 0.6) is 0 Å². The number of halogens is 1.